The second-order valence-electron chi connectivity index (χ2n) is 26.7. The third kappa shape index (κ3) is 30.9. The van der Waals surface area contributed by atoms with E-state index in [4.69, 9.17) is 0 Å². The molecule has 0 spiro atoms. The van der Waals surface area contributed by atoms with Crippen LogP contribution in [0.15, 0.2) is 195 Å². The molecule has 0 saturated carbocycles. The fourth-order valence-electron chi connectivity index (χ4n) is 13.1. The Kier molecular flexibility index (Phi) is 38.5. The first-order chi connectivity index (χ1) is 54.5. The van der Waals surface area contributed by atoms with Crippen molar-refractivity contribution >= 4 is 95.0 Å². The van der Waals surface area contributed by atoms with E-state index in [1.54, 1.807) is 49.6 Å². The van der Waals surface area contributed by atoms with Crippen molar-refractivity contribution in [2.24, 2.45) is 0 Å². The number of carboxylic acids is 4. The third-order valence-electron chi connectivity index (χ3n) is 18.6. The predicted molar refractivity (Wildman–Crippen MR) is 426 cm³/mol. The van der Waals surface area contributed by atoms with Gasteiger partial charge in [-0.15, -0.1) is 0 Å². The molecular formula is C80H92N16O12OsS4. The van der Waals surface area contributed by atoms with Gasteiger partial charge in [0.1, 0.15) is 0 Å². The van der Waals surface area contributed by atoms with Crippen molar-refractivity contribution in [3.8, 4) is 45.6 Å². The van der Waals surface area contributed by atoms with Crippen LogP contribution in [-0.4, -0.2) is 180 Å². The number of aliphatic carboxylic acids is 4. The molecule has 28 nitrogen and oxygen atoms in total. The maximum Gasteiger partial charge on any atom is 4.00 e. The van der Waals surface area contributed by atoms with Crippen molar-refractivity contribution in [2.45, 2.75) is 172 Å². The van der Waals surface area contributed by atoms with Crippen molar-refractivity contribution in [2.75, 3.05) is 23.0 Å². The minimum absolute atomic E-state index is 0. The van der Waals surface area contributed by atoms with Crippen LogP contribution < -0.4 is 63.0 Å². The number of thioether (sulfide) groups is 4. The molecule has 16 rings (SSSR count). The molecule has 16 heterocycles. The maximum absolute atomic E-state index is 11.1. The Balaban J connectivity index is 0.000000162. The van der Waals surface area contributed by atoms with Gasteiger partial charge in [-0.1, -0.05) is 74.2 Å². The summed E-state index contributed by atoms with van der Waals surface area (Å²) in [6, 6.07) is 48.0. The molecule has 596 valence electrons. The minimum atomic E-state index is -0.979. The molecule has 8 aliphatic heterocycles. The van der Waals surface area contributed by atoms with Crippen LogP contribution in [0.2, 0.25) is 0 Å². The van der Waals surface area contributed by atoms with Crippen molar-refractivity contribution in [3.63, 3.8) is 0 Å². The van der Waals surface area contributed by atoms with Gasteiger partial charge < -0.3 is 82.1 Å². The van der Waals surface area contributed by atoms with E-state index < -0.39 is 23.9 Å². The summed E-state index contributed by atoms with van der Waals surface area (Å²) in [4.78, 5) is 119. The molecule has 0 radical (unpaired) electrons. The first-order valence-corrected chi connectivity index (χ1v) is 41.6. The Hall–Kier alpha value is -9.80. The predicted octanol–water partition coefficient (Wildman–Crippen LogP) is 6.42. The van der Waals surface area contributed by atoms with Crippen LogP contribution in [0, 0.1) is 0 Å². The SMILES string of the molecule is O=C([O-])CCCC[C@@H]1SC[C@@H]2NC(=O)N[C@@H]21.O=C([O-])CCCC[C@@H]1SC[C@@H]2NC(=O)N[C@@H]21.O=C([O-])CCCC[C@@H]1SC[C@@H]2NC(=O)N[C@@H]21.O=C([O-])CCCC[C@@H]1SC[C@@H]2NC(=O)N[C@@H]21.[Os+4].c1ccc(-c2ccccn2)nc1.c1ccc(-c2ccccn2)nc1.c1ccc(-c2ccccn2)nc1.c1ccc(-c2ccccn2)nc1. The normalized spacial score (nSPS) is 22.2. The molecule has 8 saturated heterocycles. The fourth-order valence-corrected chi connectivity index (χ4v) is 19.3. The number of nitrogens with zero attached hydrogens (tertiary/aromatic N) is 8. The smallest absolute Gasteiger partial charge is 0.550 e. The van der Waals surface area contributed by atoms with Gasteiger partial charge in [0, 0.05) is 117 Å². The van der Waals surface area contributed by atoms with Gasteiger partial charge >= 0.3 is 43.9 Å². The van der Waals surface area contributed by atoms with Crippen LogP contribution in [0.3, 0.4) is 0 Å². The number of carbonyl (C=O) groups is 8. The summed E-state index contributed by atoms with van der Waals surface area (Å²) < 4.78 is 0. The summed E-state index contributed by atoms with van der Waals surface area (Å²) in [5.74, 6) is -0.104. The van der Waals surface area contributed by atoms with Crippen LogP contribution in [-0.2, 0) is 39.0 Å². The number of rotatable bonds is 24. The van der Waals surface area contributed by atoms with E-state index in [1.807, 2.05) is 193 Å². The zero-order chi connectivity index (χ0) is 79.1. The summed E-state index contributed by atoms with van der Waals surface area (Å²) in [6.07, 6.45) is 24.7. The van der Waals surface area contributed by atoms with Gasteiger partial charge in [-0.05, 0) is 174 Å². The number of urea groups is 4. The first kappa shape index (κ1) is 88.8. The van der Waals surface area contributed by atoms with Gasteiger partial charge in [-0.3, -0.25) is 39.9 Å². The van der Waals surface area contributed by atoms with Gasteiger partial charge in [0.15, 0.2) is 0 Å². The van der Waals surface area contributed by atoms with E-state index in [2.05, 4.69) is 82.4 Å². The van der Waals surface area contributed by atoms with E-state index in [0.717, 1.165) is 120 Å². The molecule has 113 heavy (non-hydrogen) atoms. The van der Waals surface area contributed by atoms with Gasteiger partial charge in [-0.2, -0.15) is 47.0 Å². The first-order valence-electron chi connectivity index (χ1n) is 37.4. The van der Waals surface area contributed by atoms with E-state index in [1.165, 1.54) is 0 Å². The van der Waals surface area contributed by atoms with E-state index in [0.29, 0.717) is 46.7 Å². The molecule has 8 amide bonds. The van der Waals surface area contributed by atoms with Crippen LogP contribution >= 0.6 is 47.0 Å². The number of carbonyl (C=O) groups excluding carboxylic acids is 8. The van der Waals surface area contributed by atoms with Gasteiger partial charge in [0.2, 0.25) is 0 Å². The monoisotopic (exact) mass is 1790 g/mol. The Morgan fingerprint density at radius 1 is 0.274 bits per heavy atom. The zero-order valence-corrected chi connectivity index (χ0v) is 67.8. The van der Waals surface area contributed by atoms with Crippen LogP contribution in [0.4, 0.5) is 19.2 Å². The molecule has 8 aliphatic rings. The van der Waals surface area contributed by atoms with Gasteiger partial charge in [-0.25, -0.2) is 19.2 Å². The molecule has 8 N–H and O–H groups in total. The maximum atomic E-state index is 11.1. The molecule has 33 heteroatoms. The Bertz CT molecular complexity index is 3490. The number of fused-ring (bicyclic) bond motifs is 4. The summed E-state index contributed by atoms with van der Waals surface area (Å²) in [5.41, 5.74) is 7.32. The standard InChI is InChI=1S/4C10H16N2O3S.4C10H8N2.Os/c4*13-8(14)4-2-1-3-7-9-6(5-16-7)11-10(15)12-9;4*1-3-7-11-9(5-1)10-6-2-4-8-12-10;/h4*6-7,9H,1-5H2,(H,13,14)(H2,11,12,15);4*1-8H;/q;;;;;;;;+4/p-4/t4*6-,7-,9-;;;;;/m0000...../s1. The molecule has 8 aromatic heterocycles. The number of pyridine rings is 8. The number of nitrogens with one attached hydrogen (secondary N) is 8. The summed E-state index contributed by atoms with van der Waals surface area (Å²) in [7, 11) is 0. The third-order valence-corrected chi connectivity index (χ3v) is 24.6. The number of aromatic nitrogens is 8. The van der Waals surface area contributed by atoms with Gasteiger partial charge in [0.25, 0.3) is 0 Å². The number of hydrogen-bond acceptors (Lipinski definition) is 24. The summed E-state index contributed by atoms with van der Waals surface area (Å²) in [5, 5.41) is 65.8. The molecule has 0 unspecified atom stereocenters. The Labute approximate surface area is 687 Å². The van der Waals surface area contributed by atoms with Crippen molar-refractivity contribution < 1.29 is 78.6 Å². The van der Waals surface area contributed by atoms with Crippen molar-refractivity contribution in [1.29, 1.82) is 0 Å². The fraction of sp³-hybridized carbons (Fsp3) is 0.400. The Morgan fingerprint density at radius 2 is 0.442 bits per heavy atom. The molecule has 8 fully saturated rings. The topological polar surface area (TPSA) is 428 Å². The minimum Gasteiger partial charge on any atom is -0.550 e. The second kappa shape index (κ2) is 49.0. The van der Waals surface area contributed by atoms with Crippen LogP contribution in [0.5, 0.6) is 0 Å². The Morgan fingerprint density at radius 3 is 0.584 bits per heavy atom. The average Bonchev–Trinajstić information content (AvgIpc) is 1.68. The molecule has 0 aliphatic carbocycles. The molecule has 0 bridgehead atoms. The molecule has 8 aromatic rings. The van der Waals surface area contributed by atoms with E-state index >= 15 is 0 Å². The molecule has 12 atom stereocenters. The molecule has 0 aromatic carbocycles. The number of unbranched alkanes of at least 4 members (excludes halogenated alkanes) is 4. The number of carboxylic acid groups (broad SMARTS) is 4. The quantitative estimate of drug-likeness (QED) is 0.0239. The zero-order valence-electron chi connectivity index (χ0n) is 62.0. The van der Waals surface area contributed by atoms with Crippen molar-refractivity contribution in [1.82, 2.24) is 82.4 Å². The van der Waals surface area contributed by atoms with E-state index in [9.17, 15) is 58.8 Å². The number of amides is 8. The summed E-state index contributed by atoms with van der Waals surface area (Å²) >= 11 is 7.42. The van der Waals surface area contributed by atoms with Crippen LogP contribution in [0.25, 0.3) is 45.6 Å². The second-order valence-corrected chi connectivity index (χ2v) is 31.8. The van der Waals surface area contributed by atoms with E-state index in [-0.39, 0.29) is 118 Å². The van der Waals surface area contributed by atoms with Crippen LogP contribution in [0.1, 0.15) is 103 Å². The molecular weight excluding hydrogens is 1700 g/mol. The van der Waals surface area contributed by atoms with Crippen molar-refractivity contribution in [3.05, 3.63) is 195 Å². The largest absolute Gasteiger partial charge is 4.00 e. The van der Waals surface area contributed by atoms with Gasteiger partial charge in [0.05, 0.1) is 93.9 Å². The number of hydrogen-bond donors (Lipinski definition) is 8. The summed E-state index contributed by atoms with van der Waals surface area (Å²) in [6.45, 7) is 0. The average molecular weight is 1790 g/mol.